The molecule has 2 aliphatic rings. The summed E-state index contributed by atoms with van der Waals surface area (Å²) in [6.07, 6.45) is 5.96. The molecule has 1 fully saturated rings. The van der Waals surface area contributed by atoms with E-state index in [2.05, 4.69) is 20.5 Å². The molecule has 2 amide bonds. The van der Waals surface area contributed by atoms with Crippen molar-refractivity contribution in [3.63, 3.8) is 0 Å². The van der Waals surface area contributed by atoms with Crippen LogP contribution in [0.25, 0.3) is 0 Å². The van der Waals surface area contributed by atoms with Crippen molar-refractivity contribution in [2.75, 3.05) is 29.9 Å². The molecule has 3 atom stereocenters. The van der Waals surface area contributed by atoms with E-state index in [9.17, 15) is 9.59 Å². The molecule has 3 unspecified atom stereocenters. The van der Waals surface area contributed by atoms with Gasteiger partial charge in [0.1, 0.15) is 0 Å². The zero-order valence-corrected chi connectivity index (χ0v) is 25.4. The number of piperidine rings is 1. The van der Waals surface area contributed by atoms with Crippen LogP contribution in [0.1, 0.15) is 36.5 Å². The van der Waals surface area contributed by atoms with Gasteiger partial charge in [0.25, 0.3) is 5.91 Å². The summed E-state index contributed by atoms with van der Waals surface area (Å²) in [4.78, 5) is 35.0. The molecule has 2 N–H and O–H groups in total. The number of anilines is 2. The fourth-order valence-electron chi connectivity index (χ4n) is 6.04. The van der Waals surface area contributed by atoms with Crippen molar-refractivity contribution >= 4 is 50.8 Å². The number of carbonyl (C=O) groups is 2. The first kappa shape index (κ1) is 29.7. The Morgan fingerprint density at radius 3 is 2.62 bits per heavy atom. The molecule has 5 rings (SSSR count). The first-order valence-corrected chi connectivity index (χ1v) is 15.8. The largest absolute Gasteiger partial charge is 0.371 e. The minimum absolute atomic E-state index is 0.0179. The number of sulfone groups is 1. The molecule has 0 aliphatic carbocycles. The number of hydrogen-bond acceptors (Lipinski definition) is 7. The molecule has 0 radical (unpaired) electrons. The predicted octanol–water partition coefficient (Wildman–Crippen LogP) is 4.56. The summed E-state index contributed by atoms with van der Waals surface area (Å²) in [5.74, 6) is -1.89. The molecule has 11 heteroatoms. The minimum atomic E-state index is -4.46. The number of carbonyl (C=O) groups excluding carboxylic acids is 2. The summed E-state index contributed by atoms with van der Waals surface area (Å²) >= 11 is 6.36. The topological polar surface area (TPSA) is 121 Å². The quantitative estimate of drug-likeness (QED) is 0.406. The normalized spacial score (nSPS) is 22.2. The van der Waals surface area contributed by atoms with Crippen molar-refractivity contribution in [2.24, 2.45) is 16.8 Å². The van der Waals surface area contributed by atoms with Crippen LogP contribution in [0, 0.1) is 25.7 Å². The summed E-state index contributed by atoms with van der Waals surface area (Å²) in [6, 6.07) is 14.0. The van der Waals surface area contributed by atoms with Gasteiger partial charge in [-0.3, -0.25) is 19.6 Å². The maximum absolute atomic E-state index is 15.1. The molecule has 3 heterocycles. The van der Waals surface area contributed by atoms with E-state index in [1.165, 1.54) is 19.2 Å². The van der Waals surface area contributed by atoms with E-state index in [1.807, 2.05) is 18.2 Å². The minimum Gasteiger partial charge on any atom is -0.371 e. The number of hydrogen-bond donors (Lipinski definition) is 2. The lowest BCUT2D eigenvalue weighted by atomic mass is 9.77. The smallest absolute Gasteiger partial charge is 0.268 e. The SMILES string of the molecule is CC(=O)NCCC1CCN(c2ccncc2)CC1C1(S(=O)(=O)c2cc(C)c(Cl)cc2C)N=Cc2ccccc2NC1=O. The van der Waals surface area contributed by atoms with E-state index < -0.39 is 26.5 Å². The number of aromatic nitrogens is 1. The first-order valence-electron chi connectivity index (χ1n) is 13.9. The number of fused-ring (bicyclic) bond motifs is 1. The molecule has 42 heavy (non-hydrogen) atoms. The number of halogens is 1. The third kappa shape index (κ3) is 5.41. The van der Waals surface area contributed by atoms with Crippen LogP contribution >= 0.6 is 11.6 Å². The number of rotatable bonds is 7. The van der Waals surface area contributed by atoms with E-state index in [0.29, 0.717) is 53.3 Å². The number of amides is 2. The van der Waals surface area contributed by atoms with Crippen LogP contribution in [0.2, 0.25) is 5.02 Å². The zero-order chi connectivity index (χ0) is 30.1. The van der Waals surface area contributed by atoms with Crippen LogP contribution in [0.3, 0.4) is 0 Å². The fraction of sp³-hybridized carbons (Fsp3) is 0.355. The van der Waals surface area contributed by atoms with Gasteiger partial charge in [-0.05, 0) is 74.1 Å². The number of benzodiazepines with no additional fused rings is 1. The van der Waals surface area contributed by atoms with Crippen molar-refractivity contribution in [1.82, 2.24) is 10.3 Å². The average molecular weight is 608 g/mol. The third-order valence-corrected chi connectivity index (χ3v) is 11.1. The number of para-hydroxylation sites is 1. The highest BCUT2D eigenvalue weighted by atomic mass is 35.5. The summed E-state index contributed by atoms with van der Waals surface area (Å²) in [5, 5.41) is 6.19. The van der Waals surface area contributed by atoms with E-state index in [-0.39, 0.29) is 23.3 Å². The van der Waals surface area contributed by atoms with Crippen molar-refractivity contribution in [3.05, 3.63) is 82.6 Å². The van der Waals surface area contributed by atoms with Gasteiger partial charge in [-0.1, -0.05) is 29.8 Å². The van der Waals surface area contributed by atoms with E-state index in [0.717, 1.165) is 5.69 Å². The van der Waals surface area contributed by atoms with Crippen molar-refractivity contribution in [3.8, 4) is 0 Å². The molecule has 3 aromatic rings. The first-order chi connectivity index (χ1) is 20.0. The maximum Gasteiger partial charge on any atom is 0.268 e. The van der Waals surface area contributed by atoms with Gasteiger partial charge in [0.05, 0.1) is 4.90 Å². The molecule has 1 aromatic heterocycles. The summed E-state index contributed by atoms with van der Waals surface area (Å²) in [6.45, 7) is 6.11. The second kappa shape index (κ2) is 11.9. The highest BCUT2D eigenvalue weighted by molar-refractivity contribution is 7.93. The molecule has 2 aliphatic heterocycles. The number of benzene rings is 2. The van der Waals surface area contributed by atoms with Crippen LogP contribution in [0.15, 0.2) is 70.8 Å². The Balaban J connectivity index is 1.72. The fourth-order valence-corrected chi connectivity index (χ4v) is 8.56. The molecule has 1 saturated heterocycles. The van der Waals surface area contributed by atoms with Gasteiger partial charge in [0.15, 0.2) is 0 Å². The van der Waals surface area contributed by atoms with Crippen molar-refractivity contribution in [1.29, 1.82) is 0 Å². The molecule has 9 nitrogen and oxygen atoms in total. The summed E-state index contributed by atoms with van der Waals surface area (Å²) in [7, 11) is -4.46. The standard InChI is InChI=1S/C31H34ClN5O4S/c1-20-17-29(21(2)16-27(20)32)42(40,41)31(30(39)36-28-7-5-4-6-24(28)18-35-31)26-19-37(25-9-12-33-13-10-25)15-11-23(26)8-14-34-22(3)38/h4-7,9-10,12-13,16-18,23,26H,8,11,14-15,19H2,1-3H3,(H,34,38)(H,36,39). The van der Waals surface area contributed by atoms with Crippen LogP contribution in [-0.2, 0) is 19.4 Å². The van der Waals surface area contributed by atoms with E-state index in [1.54, 1.807) is 50.5 Å². The number of aryl methyl sites for hydroxylation is 2. The van der Waals surface area contributed by atoms with E-state index >= 15 is 8.42 Å². The highest BCUT2D eigenvalue weighted by Crippen LogP contribution is 2.46. The van der Waals surface area contributed by atoms with Gasteiger partial charge in [-0.25, -0.2) is 8.42 Å². The van der Waals surface area contributed by atoms with Crippen LogP contribution in [-0.4, -0.2) is 55.9 Å². The molecule has 2 aromatic carbocycles. The molecule has 220 valence electrons. The Morgan fingerprint density at radius 2 is 1.88 bits per heavy atom. The zero-order valence-electron chi connectivity index (χ0n) is 23.8. The maximum atomic E-state index is 15.1. The predicted molar refractivity (Wildman–Crippen MR) is 165 cm³/mol. The molecule has 0 saturated carbocycles. The number of pyridine rings is 1. The number of nitrogens with one attached hydrogen (secondary N) is 2. The monoisotopic (exact) mass is 607 g/mol. The second-order valence-electron chi connectivity index (χ2n) is 10.9. The van der Waals surface area contributed by atoms with Gasteiger partial charge in [0.2, 0.25) is 20.6 Å². The lowest BCUT2D eigenvalue weighted by Crippen LogP contribution is -2.60. The lowest BCUT2D eigenvalue weighted by molar-refractivity contribution is -0.121. The van der Waals surface area contributed by atoms with Crippen LogP contribution in [0.5, 0.6) is 0 Å². The Kier molecular flexibility index (Phi) is 8.39. The van der Waals surface area contributed by atoms with E-state index in [4.69, 9.17) is 16.6 Å². The van der Waals surface area contributed by atoms with Gasteiger partial charge >= 0.3 is 0 Å². The molecule has 0 spiro atoms. The Hall–Kier alpha value is -3.76. The van der Waals surface area contributed by atoms with Gasteiger partial charge < -0.3 is 15.5 Å². The summed E-state index contributed by atoms with van der Waals surface area (Å²) < 4.78 is 30.1. The lowest BCUT2D eigenvalue weighted by Gasteiger charge is -2.46. The van der Waals surface area contributed by atoms with Crippen LogP contribution < -0.4 is 15.5 Å². The molecular formula is C31H34ClN5O4S. The third-order valence-electron chi connectivity index (χ3n) is 8.26. The van der Waals surface area contributed by atoms with Gasteiger partial charge in [-0.15, -0.1) is 0 Å². The second-order valence-corrected chi connectivity index (χ2v) is 13.4. The molecule has 0 bridgehead atoms. The number of nitrogens with zero attached hydrogens (tertiary/aromatic N) is 3. The Morgan fingerprint density at radius 1 is 1.14 bits per heavy atom. The highest BCUT2D eigenvalue weighted by Gasteiger charge is 2.61. The van der Waals surface area contributed by atoms with Gasteiger partial charge in [-0.2, -0.15) is 0 Å². The van der Waals surface area contributed by atoms with Crippen molar-refractivity contribution < 1.29 is 18.0 Å². The van der Waals surface area contributed by atoms with Crippen LogP contribution in [0.4, 0.5) is 11.4 Å². The van der Waals surface area contributed by atoms with Crippen molar-refractivity contribution in [2.45, 2.75) is 43.4 Å². The summed E-state index contributed by atoms with van der Waals surface area (Å²) in [5.41, 5.74) is 3.00. The Labute approximate surface area is 251 Å². The number of aliphatic imine (C=N–C) groups is 1. The molecular weight excluding hydrogens is 574 g/mol. The Bertz CT molecular complexity index is 1650. The van der Waals surface area contributed by atoms with Gasteiger partial charge in [0, 0.05) is 73.0 Å². The average Bonchev–Trinajstić information content (AvgIpc) is 3.12.